The van der Waals surface area contributed by atoms with Crippen LogP contribution in [0.5, 0.6) is 0 Å². The van der Waals surface area contributed by atoms with E-state index in [9.17, 15) is 0 Å². The second-order valence-corrected chi connectivity index (χ2v) is 7.01. The Morgan fingerprint density at radius 3 is 2.75 bits per heavy atom. The molecule has 1 aliphatic heterocycles. The summed E-state index contributed by atoms with van der Waals surface area (Å²) in [7, 11) is 1.87. The molecule has 3 heterocycles. The number of aromatic nitrogens is 2. The van der Waals surface area contributed by atoms with Crippen LogP contribution < -0.4 is 10.2 Å². The summed E-state index contributed by atoms with van der Waals surface area (Å²) < 4.78 is 5.54. The molecule has 1 aliphatic rings. The maximum Gasteiger partial charge on any atom is 0.210 e. The Morgan fingerprint density at radius 2 is 2.00 bits per heavy atom. The molecule has 1 atom stereocenters. The lowest BCUT2D eigenvalue weighted by Gasteiger charge is -2.37. The van der Waals surface area contributed by atoms with Crippen LogP contribution in [0.4, 0.5) is 10.3 Å². The number of piperazine rings is 1. The minimum absolute atomic E-state index is 0.379. The molecule has 0 aliphatic carbocycles. The largest absolute Gasteiger partial charge is 0.464 e. The van der Waals surface area contributed by atoms with E-state index in [0.717, 1.165) is 47.4 Å². The smallest absolute Gasteiger partial charge is 0.210 e. The number of rotatable bonds is 4. The van der Waals surface area contributed by atoms with Gasteiger partial charge in [-0.15, -0.1) is 10.2 Å². The lowest BCUT2D eigenvalue weighted by molar-refractivity contribution is 0.198. The fourth-order valence-corrected chi connectivity index (χ4v) is 3.94. The van der Waals surface area contributed by atoms with Crippen molar-refractivity contribution in [3.63, 3.8) is 0 Å². The van der Waals surface area contributed by atoms with Crippen molar-refractivity contribution in [1.29, 1.82) is 0 Å². The third-order valence-corrected chi connectivity index (χ3v) is 5.72. The van der Waals surface area contributed by atoms with Gasteiger partial charge in [0.1, 0.15) is 5.58 Å². The number of fused-ring (bicyclic) bond motifs is 1. The highest BCUT2D eigenvalue weighted by Crippen LogP contribution is 2.28. The summed E-state index contributed by atoms with van der Waals surface area (Å²) in [5, 5.41) is 14.5. The van der Waals surface area contributed by atoms with E-state index in [-0.39, 0.29) is 0 Å². The molecule has 0 amide bonds. The summed E-state index contributed by atoms with van der Waals surface area (Å²) in [6, 6.07) is 8.89. The molecule has 126 valence electrons. The van der Waals surface area contributed by atoms with Gasteiger partial charge in [-0.1, -0.05) is 23.5 Å². The fourth-order valence-electron chi connectivity index (χ4n) is 3.19. The standard InChI is InChI=1S/C17H21N5OS/c1-12(14-4-3-13-5-10-23-15(13)11-14)21-6-8-22(9-7-21)17-20-19-16(18-2)24-17/h3-5,10-12H,6-9H2,1-2H3,(H,18,19). The summed E-state index contributed by atoms with van der Waals surface area (Å²) >= 11 is 1.61. The topological polar surface area (TPSA) is 57.4 Å². The summed E-state index contributed by atoms with van der Waals surface area (Å²) in [5.41, 5.74) is 2.27. The van der Waals surface area contributed by atoms with Gasteiger partial charge in [0.15, 0.2) is 0 Å². The molecule has 4 rings (SSSR count). The van der Waals surface area contributed by atoms with Crippen LogP contribution in [-0.2, 0) is 0 Å². The molecule has 3 aromatic rings. The second kappa shape index (κ2) is 6.41. The normalized spacial score (nSPS) is 17.3. The molecule has 0 bridgehead atoms. The van der Waals surface area contributed by atoms with Gasteiger partial charge in [-0.25, -0.2) is 0 Å². The van der Waals surface area contributed by atoms with Crippen LogP contribution >= 0.6 is 11.3 Å². The van der Waals surface area contributed by atoms with Crippen LogP contribution in [0.25, 0.3) is 11.0 Å². The number of nitrogens with one attached hydrogen (secondary N) is 1. The van der Waals surface area contributed by atoms with E-state index in [2.05, 4.69) is 50.4 Å². The van der Waals surface area contributed by atoms with Crippen molar-refractivity contribution in [2.75, 3.05) is 43.4 Å². The van der Waals surface area contributed by atoms with E-state index in [4.69, 9.17) is 4.42 Å². The first-order valence-electron chi connectivity index (χ1n) is 8.22. The third kappa shape index (κ3) is 2.85. The van der Waals surface area contributed by atoms with E-state index in [1.807, 2.05) is 13.1 Å². The van der Waals surface area contributed by atoms with E-state index >= 15 is 0 Å². The van der Waals surface area contributed by atoms with Crippen LogP contribution in [-0.4, -0.2) is 48.3 Å². The van der Waals surface area contributed by atoms with Crippen LogP contribution in [0.15, 0.2) is 34.9 Å². The number of hydrogen-bond acceptors (Lipinski definition) is 7. The van der Waals surface area contributed by atoms with Crippen molar-refractivity contribution in [1.82, 2.24) is 15.1 Å². The first-order valence-corrected chi connectivity index (χ1v) is 9.03. The van der Waals surface area contributed by atoms with Crippen LogP contribution in [0.3, 0.4) is 0 Å². The lowest BCUT2D eigenvalue weighted by atomic mass is 10.0. The Bertz CT molecular complexity index is 821. The Balaban J connectivity index is 1.42. The van der Waals surface area contributed by atoms with Gasteiger partial charge in [-0.2, -0.15) is 0 Å². The van der Waals surface area contributed by atoms with Crippen molar-refractivity contribution < 1.29 is 4.42 Å². The zero-order valence-electron chi connectivity index (χ0n) is 13.9. The predicted octanol–water partition coefficient (Wildman–Crippen LogP) is 3.21. The first kappa shape index (κ1) is 15.4. The number of nitrogens with zero attached hydrogens (tertiary/aromatic N) is 4. The van der Waals surface area contributed by atoms with Gasteiger partial charge in [-0.3, -0.25) is 4.90 Å². The molecule has 1 N–H and O–H groups in total. The van der Waals surface area contributed by atoms with Gasteiger partial charge in [-0.05, 0) is 24.6 Å². The zero-order chi connectivity index (χ0) is 16.5. The Labute approximate surface area is 145 Å². The molecule has 1 fully saturated rings. The van der Waals surface area contributed by atoms with Gasteiger partial charge in [0.25, 0.3) is 0 Å². The molecule has 1 saturated heterocycles. The van der Waals surface area contributed by atoms with E-state index in [0.29, 0.717) is 6.04 Å². The summed E-state index contributed by atoms with van der Waals surface area (Å²) in [4.78, 5) is 4.83. The SMILES string of the molecule is CNc1nnc(N2CCN(C(C)c3ccc4ccoc4c3)CC2)s1. The highest BCUT2D eigenvalue weighted by atomic mass is 32.1. The van der Waals surface area contributed by atoms with Gasteiger partial charge >= 0.3 is 0 Å². The van der Waals surface area contributed by atoms with E-state index < -0.39 is 0 Å². The zero-order valence-corrected chi connectivity index (χ0v) is 14.7. The summed E-state index contributed by atoms with van der Waals surface area (Å²) in [6.07, 6.45) is 1.75. The third-order valence-electron chi connectivity index (χ3n) is 4.72. The minimum atomic E-state index is 0.379. The molecule has 0 saturated carbocycles. The first-order chi connectivity index (χ1) is 11.7. The molecule has 7 heteroatoms. The Hall–Kier alpha value is -2.12. The molecule has 0 radical (unpaired) electrons. The maximum atomic E-state index is 5.54. The lowest BCUT2D eigenvalue weighted by Crippen LogP contribution is -2.47. The summed E-state index contributed by atoms with van der Waals surface area (Å²) in [6.45, 7) is 6.26. The number of hydrogen-bond donors (Lipinski definition) is 1. The van der Waals surface area contributed by atoms with Crippen LogP contribution in [0, 0.1) is 0 Å². The Kier molecular flexibility index (Phi) is 4.12. The molecule has 2 aromatic heterocycles. The average Bonchev–Trinajstić information content (AvgIpc) is 3.29. The highest BCUT2D eigenvalue weighted by Gasteiger charge is 2.24. The Morgan fingerprint density at radius 1 is 1.17 bits per heavy atom. The fraction of sp³-hybridized carbons (Fsp3) is 0.412. The highest BCUT2D eigenvalue weighted by molar-refractivity contribution is 7.19. The molecule has 6 nitrogen and oxygen atoms in total. The van der Waals surface area contributed by atoms with Crippen molar-refractivity contribution in [2.45, 2.75) is 13.0 Å². The quantitative estimate of drug-likeness (QED) is 0.785. The maximum absolute atomic E-state index is 5.54. The molecule has 1 aromatic carbocycles. The number of anilines is 2. The number of benzene rings is 1. The average molecular weight is 343 g/mol. The predicted molar refractivity (Wildman–Crippen MR) is 97.9 cm³/mol. The van der Waals surface area contributed by atoms with Gasteiger partial charge in [0.2, 0.25) is 10.3 Å². The van der Waals surface area contributed by atoms with Gasteiger partial charge in [0.05, 0.1) is 6.26 Å². The van der Waals surface area contributed by atoms with E-state index in [1.54, 1.807) is 17.6 Å². The summed E-state index contributed by atoms with van der Waals surface area (Å²) in [5.74, 6) is 0. The van der Waals surface area contributed by atoms with Gasteiger partial charge in [0, 0.05) is 44.7 Å². The van der Waals surface area contributed by atoms with Gasteiger partial charge < -0.3 is 14.6 Å². The van der Waals surface area contributed by atoms with Crippen LogP contribution in [0.2, 0.25) is 0 Å². The molecule has 0 spiro atoms. The van der Waals surface area contributed by atoms with Crippen molar-refractivity contribution in [3.8, 4) is 0 Å². The van der Waals surface area contributed by atoms with E-state index in [1.165, 1.54) is 5.56 Å². The molecule has 1 unspecified atom stereocenters. The monoisotopic (exact) mass is 343 g/mol. The number of furan rings is 1. The second-order valence-electron chi connectivity index (χ2n) is 6.06. The van der Waals surface area contributed by atoms with Crippen molar-refractivity contribution in [2.24, 2.45) is 0 Å². The molecular formula is C17H21N5OS. The minimum Gasteiger partial charge on any atom is -0.464 e. The van der Waals surface area contributed by atoms with Crippen molar-refractivity contribution >= 4 is 32.6 Å². The molecular weight excluding hydrogens is 322 g/mol. The molecule has 24 heavy (non-hydrogen) atoms. The van der Waals surface area contributed by atoms with Crippen molar-refractivity contribution in [3.05, 3.63) is 36.1 Å². The van der Waals surface area contributed by atoms with Crippen LogP contribution in [0.1, 0.15) is 18.5 Å².